The average Bonchev–Trinajstić information content (AvgIpc) is 2.65. The van der Waals surface area contributed by atoms with Gasteiger partial charge in [0, 0.05) is 11.9 Å². The maximum atomic E-state index is 13.6. The molecule has 0 fully saturated rings. The van der Waals surface area contributed by atoms with Gasteiger partial charge in [0.2, 0.25) is 11.9 Å². The Morgan fingerprint density at radius 1 is 1.07 bits per heavy atom. The molecule has 1 aromatic heterocycles. The van der Waals surface area contributed by atoms with Crippen LogP contribution in [0.1, 0.15) is 33.1 Å². The van der Waals surface area contributed by atoms with Crippen LogP contribution in [0.3, 0.4) is 0 Å². The lowest BCUT2D eigenvalue weighted by molar-refractivity contribution is -0.118. The number of rotatable bonds is 7. The maximum Gasteiger partial charge on any atom is 0.254 e. The summed E-state index contributed by atoms with van der Waals surface area (Å²) in [5, 5.41) is 5.84. The number of carbonyl (C=O) groups is 2. The minimum absolute atomic E-state index is 0.0138. The van der Waals surface area contributed by atoms with Crippen molar-refractivity contribution in [2.75, 3.05) is 10.6 Å². The number of aryl methyl sites for hydroxylation is 2. The molecule has 0 aliphatic carbocycles. The zero-order valence-corrected chi connectivity index (χ0v) is 16.4. The molecule has 1 atom stereocenters. The monoisotopic (exact) mass is 408 g/mol. The van der Waals surface area contributed by atoms with Crippen LogP contribution in [0.15, 0.2) is 48.7 Å². The molecule has 2 aromatic carbocycles. The Hall–Kier alpha value is -4.01. The second-order valence-electron chi connectivity index (χ2n) is 6.86. The molecule has 3 rings (SSSR count). The van der Waals surface area contributed by atoms with E-state index in [-0.39, 0.29) is 17.3 Å². The summed E-state index contributed by atoms with van der Waals surface area (Å²) in [6.45, 7) is 3.88. The SMILES string of the molecule is Cc1cc(C)cc(Nc2nc(N[C@@H](C(N)=O)c3cccc(F)c3)ncc2C(N)=O)c1. The number of amides is 2. The van der Waals surface area contributed by atoms with Crippen LogP contribution in [0.5, 0.6) is 0 Å². The van der Waals surface area contributed by atoms with E-state index in [0.29, 0.717) is 11.3 Å². The molecule has 2 amide bonds. The fourth-order valence-electron chi connectivity index (χ4n) is 3.04. The third-order valence-corrected chi connectivity index (χ3v) is 4.28. The summed E-state index contributed by atoms with van der Waals surface area (Å²) >= 11 is 0. The van der Waals surface area contributed by atoms with Crippen molar-refractivity contribution in [3.8, 4) is 0 Å². The number of hydrogen-bond donors (Lipinski definition) is 4. The first-order chi connectivity index (χ1) is 14.2. The average molecular weight is 408 g/mol. The van der Waals surface area contributed by atoms with Crippen molar-refractivity contribution in [3.05, 3.63) is 76.7 Å². The van der Waals surface area contributed by atoms with Gasteiger partial charge in [0.15, 0.2) is 0 Å². The minimum Gasteiger partial charge on any atom is -0.368 e. The number of primary amides is 2. The number of halogens is 1. The molecule has 0 radical (unpaired) electrons. The van der Waals surface area contributed by atoms with Gasteiger partial charge in [-0.2, -0.15) is 4.98 Å². The van der Waals surface area contributed by atoms with Crippen molar-refractivity contribution in [2.24, 2.45) is 11.5 Å². The first-order valence-corrected chi connectivity index (χ1v) is 9.06. The quantitative estimate of drug-likeness (QED) is 0.475. The lowest BCUT2D eigenvalue weighted by Gasteiger charge is -2.17. The molecule has 0 bridgehead atoms. The predicted octanol–water partition coefficient (Wildman–Crippen LogP) is 2.71. The van der Waals surface area contributed by atoms with Crippen molar-refractivity contribution in [3.63, 3.8) is 0 Å². The van der Waals surface area contributed by atoms with Crippen LogP contribution in [-0.4, -0.2) is 21.8 Å². The van der Waals surface area contributed by atoms with Crippen LogP contribution in [0.25, 0.3) is 0 Å². The van der Waals surface area contributed by atoms with Gasteiger partial charge in [0.1, 0.15) is 23.2 Å². The van der Waals surface area contributed by atoms with E-state index in [0.717, 1.165) is 11.1 Å². The molecule has 0 aliphatic heterocycles. The van der Waals surface area contributed by atoms with Gasteiger partial charge in [-0.05, 0) is 54.8 Å². The third-order valence-electron chi connectivity index (χ3n) is 4.28. The minimum atomic E-state index is -1.07. The summed E-state index contributed by atoms with van der Waals surface area (Å²) < 4.78 is 13.6. The number of hydrogen-bond acceptors (Lipinski definition) is 6. The summed E-state index contributed by atoms with van der Waals surface area (Å²) in [7, 11) is 0. The van der Waals surface area contributed by atoms with Gasteiger partial charge >= 0.3 is 0 Å². The fraction of sp³-hybridized carbons (Fsp3) is 0.143. The highest BCUT2D eigenvalue weighted by atomic mass is 19.1. The lowest BCUT2D eigenvalue weighted by atomic mass is 10.1. The highest BCUT2D eigenvalue weighted by Gasteiger charge is 2.21. The van der Waals surface area contributed by atoms with Gasteiger partial charge < -0.3 is 22.1 Å². The Morgan fingerprint density at radius 3 is 2.37 bits per heavy atom. The topological polar surface area (TPSA) is 136 Å². The fourth-order valence-corrected chi connectivity index (χ4v) is 3.04. The zero-order chi connectivity index (χ0) is 21.8. The van der Waals surface area contributed by atoms with Gasteiger partial charge in [0.05, 0.1) is 0 Å². The van der Waals surface area contributed by atoms with Gasteiger partial charge in [-0.25, -0.2) is 9.37 Å². The molecule has 3 aromatic rings. The zero-order valence-electron chi connectivity index (χ0n) is 16.4. The number of anilines is 3. The summed E-state index contributed by atoms with van der Waals surface area (Å²) in [5.74, 6) is -1.80. The van der Waals surface area contributed by atoms with Crippen LogP contribution >= 0.6 is 0 Å². The van der Waals surface area contributed by atoms with E-state index in [4.69, 9.17) is 11.5 Å². The number of aromatic nitrogens is 2. The Balaban J connectivity index is 1.96. The van der Waals surface area contributed by atoms with Crippen molar-refractivity contribution in [1.29, 1.82) is 0 Å². The van der Waals surface area contributed by atoms with Gasteiger partial charge in [-0.15, -0.1) is 0 Å². The van der Waals surface area contributed by atoms with Crippen LogP contribution in [-0.2, 0) is 4.79 Å². The molecule has 0 saturated carbocycles. The second kappa shape index (κ2) is 8.56. The molecule has 154 valence electrons. The Labute approximate surface area is 172 Å². The molecule has 6 N–H and O–H groups in total. The number of nitrogens with one attached hydrogen (secondary N) is 2. The molecule has 9 heteroatoms. The molecule has 0 saturated heterocycles. The summed E-state index contributed by atoms with van der Waals surface area (Å²) in [5.41, 5.74) is 14.0. The summed E-state index contributed by atoms with van der Waals surface area (Å²) in [6.07, 6.45) is 1.24. The number of nitrogens with two attached hydrogens (primary N) is 2. The van der Waals surface area contributed by atoms with Crippen molar-refractivity contribution >= 4 is 29.3 Å². The Morgan fingerprint density at radius 2 is 1.77 bits per heavy atom. The van der Waals surface area contributed by atoms with Crippen molar-refractivity contribution < 1.29 is 14.0 Å². The van der Waals surface area contributed by atoms with Gasteiger partial charge in [-0.3, -0.25) is 9.59 Å². The second-order valence-corrected chi connectivity index (χ2v) is 6.86. The Bertz CT molecular complexity index is 1100. The van der Waals surface area contributed by atoms with Crippen molar-refractivity contribution in [2.45, 2.75) is 19.9 Å². The predicted molar refractivity (Wildman–Crippen MR) is 112 cm³/mol. The number of nitrogens with zero attached hydrogens (tertiary/aromatic N) is 2. The van der Waals surface area contributed by atoms with E-state index in [2.05, 4.69) is 20.6 Å². The number of carbonyl (C=O) groups excluding carboxylic acids is 2. The van der Waals surface area contributed by atoms with E-state index in [1.807, 2.05) is 32.0 Å². The molecule has 0 spiro atoms. The smallest absolute Gasteiger partial charge is 0.254 e. The van der Waals surface area contributed by atoms with Crippen LogP contribution < -0.4 is 22.1 Å². The maximum absolute atomic E-state index is 13.6. The van der Waals surface area contributed by atoms with E-state index < -0.39 is 23.7 Å². The van der Waals surface area contributed by atoms with E-state index in [1.54, 1.807) is 6.07 Å². The van der Waals surface area contributed by atoms with Crippen LogP contribution in [0, 0.1) is 19.7 Å². The van der Waals surface area contributed by atoms with Crippen LogP contribution in [0.4, 0.5) is 21.8 Å². The highest BCUT2D eigenvalue weighted by molar-refractivity contribution is 5.98. The van der Waals surface area contributed by atoms with Crippen LogP contribution in [0.2, 0.25) is 0 Å². The van der Waals surface area contributed by atoms with Gasteiger partial charge in [0.25, 0.3) is 5.91 Å². The van der Waals surface area contributed by atoms with E-state index in [1.165, 1.54) is 24.4 Å². The molecule has 0 unspecified atom stereocenters. The van der Waals surface area contributed by atoms with E-state index in [9.17, 15) is 14.0 Å². The molecular formula is C21H21FN6O2. The summed E-state index contributed by atoms with van der Waals surface area (Å²) in [6, 6.07) is 10.2. The first-order valence-electron chi connectivity index (χ1n) is 9.06. The standard InChI is InChI=1S/C21H21FN6O2/c1-11-6-12(2)8-15(7-11)26-20-16(18(23)29)10-25-21(28-20)27-17(19(24)30)13-4-3-5-14(22)9-13/h3-10,17H,1-2H3,(H2,23,29)(H2,24,30)(H2,25,26,27,28)/t17-/m1/s1. The normalized spacial score (nSPS) is 11.6. The molecule has 1 heterocycles. The van der Waals surface area contributed by atoms with Crippen molar-refractivity contribution in [1.82, 2.24) is 9.97 Å². The molecule has 30 heavy (non-hydrogen) atoms. The Kier molecular flexibility index (Phi) is 5.91. The summed E-state index contributed by atoms with van der Waals surface area (Å²) in [4.78, 5) is 32.1. The highest BCUT2D eigenvalue weighted by Crippen LogP contribution is 2.24. The van der Waals surface area contributed by atoms with E-state index >= 15 is 0 Å². The molecule has 8 nitrogen and oxygen atoms in total. The lowest BCUT2D eigenvalue weighted by Crippen LogP contribution is -2.28. The van der Waals surface area contributed by atoms with Gasteiger partial charge in [-0.1, -0.05) is 18.2 Å². The number of benzene rings is 2. The first kappa shape index (κ1) is 20.7. The largest absolute Gasteiger partial charge is 0.368 e. The third kappa shape index (κ3) is 4.88. The molecule has 0 aliphatic rings. The molecular weight excluding hydrogens is 387 g/mol.